The number of rotatable bonds is 6. The maximum Gasteiger partial charge on any atom is 0.342 e. The van der Waals surface area contributed by atoms with Crippen molar-refractivity contribution in [3.8, 4) is 0 Å². The molecule has 0 radical (unpaired) electrons. The maximum atomic E-state index is 12.2. The van der Waals surface area contributed by atoms with Gasteiger partial charge in [0.15, 0.2) is 5.69 Å². The van der Waals surface area contributed by atoms with E-state index < -0.39 is 17.2 Å². The molecule has 0 N–H and O–H groups in total. The molecule has 128 valence electrons. The summed E-state index contributed by atoms with van der Waals surface area (Å²) < 4.78 is 15.4. The van der Waals surface area contributed by atoms with Crippen LogP contribution >= 0.6 is 0 Å². The van der Waals surface area contributed by atoms with E-state index in [1.165, 1.54) is 30.9 Å². The van der Waals surface area contributed by atoms with Crippen LogP contribution in [-0.2, 0) is 19.0 Å². The van der Waals surface area contributed by atoms with E-state index in [0.29, 0.717) is 5.69 Å². The maximum absolute atomic E-state index is 12.2. The fourth-order valence-corrected chi connectivity index (χ4v) is 2.00. The van der Waals surface area contributed by atoms with Gasteiger partial charge in [0.05, 0.1) is 11.5 Å². The van der Waals surface area contributed by atoms with Gasteiger partial charge in [0.2, 0.25) is 0 Å². The first kappa shape index (κ1) is 17.3. The third-order valence-corrected chi connectivity index (χ3v) is 2.93. The minimum Gasteiger partial charge on any atom is -0.462 e. The molecule has 0 atom stereocenters. The summed E-state index contributed by atoms with van der Waals surface area (Å²) in [6, 6.07) is 2.67. The van der Waals surface area contributed by atoms with Crippen molar-refractivity contribution in [2.75, 3.05) is 20.7 Å². The molecule has 24 heavy (non-hydrogen) atoms. The number of hydrogen-bond donors (Lipinski definition) is 0. The molecule has 1 aromatic rings. The Bertz CT molecular complexity index is 690. The van der Waals surface area contributed by atoms with Crippen molar-refractivity contribution in [2.24, 2.45) is 0 Å². The van der Waals surface area contributed by atoms with E-state index in [2.05, 4.69) is 4.98 Å². The Kier molecular flexibility index (Phi) is 5.35. The summed E-state index contributed by atoms with van der Waals surface area (Å²) >= 11 is 0. The summed E-state index contributed by atoms with van der Waals surface area (Å²) in [4.78, 5) is 28.7. The molecule has 0 aromatic carbocycles. The first-order chi connectivity index (χ1) is 11.4. The second kappa shape index (κ2) is 7.44. The van der Waals surface area contributed by atoms with Crippen LogP contribution in [-0.4, -0.2) is 41.5 Å². The zero-order valence-electron chi connectivity index (χ0n) is 13.5. The highest BCUT2D eigenvalue weighted by Crippen LogP contribution is 2.30. The van der Waals surface area contributed by atoms with Crippen LogP contribution in [0.1, 0.15) is 24.6 Å². The first-order valence-electron chi connectivity index (χ1n) is 7.11. The Balaban J connectivity index is 2.54. The number of aromatic nitrogens is 1. The molecule has 0 saturated heterocycles. The first-order valence-corrected chi connectivity index (χ1v) is 7.11. The van der Waals surface area contributed by atoms with Gasteiger partial charge in [-0.05, 0) is 13.0 Å². The van der Waals surface area contributed by atoms with Crippen LogP contribution in [0.2, 0.25) is 0 Å². The minimum absolute atomic E-state index is 0.0265. The molecule has 0 aliphatic carbocycles. The van der Waals surface area contributed by atoms with Gasteiger partial charge in [-0.3, -0.25) is 10.1 Å². The van der Waals surface area contributed by atoms with Crippen molar-refractivity contribution >= 4 is 17.2 Å². The quantitative estimate of drug-likeness (QED) is 0.336. The summed E-state index contributed by atoms with van der Waals surface area (Å²) in [5, 5.41) is 11.3. The third kappa shape index (κ3) is 3.80. The van der Waals surface area contributed by atoms with E-state index in [1.807, 2.05) is 0 Å². The number of pyridine rings is 1. The lowest BCUT2D eigenvalue weighted by Gasteiger charge is -2.14. The van der Waals surface area contributed by atoms with Gasteiger partial charge in [-0.2, -0.15) is 0 Å². The highest BCUT2D eigenvalue weighted by Gasteiger charge is 2.28. The summed E-state index contributed by atoms with van der Waals surface area (Å²) in [7, 11) is 3.37. The lowest BCUT2D eigenvalue weighted by atomic mass is 10.1. The van der Waals surface area contributed by atoms with E-state index >= 15 is 0 Å². The number of hydrogen-bond acceptors (Lipinski definition) is 8. The van der Waals surface area contributed by atoms with Crippen LogP contribution in [0.5, 0.6) is 0 Å². The Morgan fingerprint density at radius 2 is 2.08 bits per heavy atom. The van der Waals surface area contributed by atoms with Crippen molar-refractivity contribution in [3.63, 3.8) is 0 Å². The Morgan fingerprint density at radius 1 is 1.42 bits per heavy atom. The fraction of sp³-hybridized carbons (Fsp3) is 0.333. The molecule has 0 fully saturated rings. The van der Waals surface area contributed by atoms with Crippen LogP contribution in [0.15, 0.2) is 30.9 Å². The van der Waals surface area contributed by atoms with Crippen molar-refractivity contribution in [1.82, 2.24) is 9.88 Å². The number of carbonyl (C=O) groups excluding carboxylic acids is 1. The fourth-order valence-electron chi connectivity index (χ4n) is 2.00. The largest absolute Gasteiger partial charge is 0.462 e. The molecule has 2 heterocycles. The second-order valence-electron chi connectivity index (χ2n) is 4.96. The van der Waals surface area contributed by atoms with Crippen LogP contribution in [0.3, 0.4) is 0 Å². The van der Waals surface area contributed by atoms with Gasteiger partial charge >= 0.3 is 5.97 Å². The molecule has 0 saturated carbocycles. The number of esters is 1. The highest BCUT2D eigenvalue weighted by atomic mass is 16.7. The Labute approximate surface area is 138 Å². The van der Waals surface area contributed by atoms with Gasteiger partial charge in [-0.15, -0.1) is 0 Å². The van der Waals surface area contributed by atoms with Crippen LogP contribution in [0, 0.1) is 10.1 Å². The zero-order chi connectivity index (χ0) is 17.7. The van der Waals surface area contributed by atoms with Crippen molar-refractivity contribution in [1.29, 1.82) is 0 Å². The van der Waals surface area contributed by atoms with Crippen LogP contribution in [0.4, 0.5) is 5.69 Å². The molecule has 0 amide bonds. The van der Waals surface area contributed by atoms with Gasteiger partial charge < -0.3 is 19.1 Å². The van der Waals surface area contributed by atoms with E-state index in [1.54, 1.807) is 25.9 Å². The molecular formula is C15H17N3O6. The lowest BCUT2D eigenvalue weighted by molar-refractivity contribution is -0.385. The summed E-state index contributed by atoms with van der Waals surface area (Å²) in [5.74, 6) is -0.703. The number of nitrogens with zero attached hydrogens (tertiary/aromatic N) is 3. The second-order valence-corrected chi connectivity index (χ2v) is 4.96. The van der Waals surface area contributed by atoms with Crippen molar-refractivity contribution in [3.05, 3.63) is 52.4 Å². The number of nitro groups is 1. The number of ether oxygens (including phenoxy) is 3. The molecule has 2 rings (SSSR count). The molecule has 0 bridgehead atoms. The molecule has 9 heteroatoms. The van der Waals surface area contributed by atoms with Gasteiger partial charge in [-0.25, -0.2) is 9.78 Å². The zero-order valence-corrected chi connectivity index (χ0v) is 13.5. The van der Waals surface area contributed by atoms with Crippen LogP contribution < -0.4 is 0 Å². The van der Waals surface area contributed by atoms with E-state index in [9.17, 15) is 14.9 Å². The van der Waals surface area contributed by atoms with E-state index in [0.717, 1.165) is 0 Å². The smallest absolute Gasteiger partial charge is 0.342 e. The molecule has 1 aromatic heterocycles. The molecule has 9 nitrogen and oxygen atoms in total. The predicted octanol–water partition coefficient (Wildman–Crippen LogP) is 1.97. The van der Waals surface area contributed by atoms with Crippen molar-refractivity contribution in [2.45, 2.75) is 13.2 Å². The van der Waals surface area contributed by atoms with Gasteiger partial charge in [0.25, 0.3) is 12.0 Å². The van der Waals surface area contributed by atoms with E-state index in [4.69, 9.17) is 14.2 Å². The van der Waals surface area contributed by atoms with Gasteiger partial charge in [0, 0.05) is 26.4 Å². The molecule has 0 unspecified atom stereocenters. The minimum atomic E-state index is -0.813. The number of carbonyl (C=O) groups is 1. The monoisotopic (exact) mass is 335 g/mol. The van der Waals surface area contributed by atoms with Gasteiger partial charge in [0.1, 0.15) is 23.8 Å². The Morgan fingerprint density at radius 3 is 2.62 bits per heavy atom. The molecule has 0 spiro atoms. The average Bonchev–Trinajstić information content (AvgIpc) is 3.06. The molecule has 1 aliphatic rings. The van der Waals surface area contributed by atoms with Gasteiger partial charge in [-0.1, -0.05) is 0 Å². The topological polar surface area (TPSA) is 104 Å². The van der Waals surface area contributed by atoms with E-state index in [-0.39, 0.29) is 23.6 Å². The standard InChI is InChI=1S/C15H17N3O6/c1-4-22-14(19)10(9-17(2)3)13-12(18(20)21)6-5-11(16-13)15-23-7-8-24-15/h5-9,15H,4H2,1-3H3. The predicted molar refractivity (Wildman–Crippen MR) is 83.2 cm³/mol. The SMILES string of the molecule is CCOC(=O)C(=CN(C)C)c1nc(C2OC=CO2)ccc1[N+](=O)[O-]. The Hall–Kier alpha value is -3.10. The molecular weight excluding hydrogens is 318 g/mol. The average molecular weight is 335 g/mol. The third-order valence-electron chi connectivity index (χ3n) is 2.93. The lowest BCUT2D eigenvalue weighted by Crippen LogP contribution is -2.15. The summed E-state index contributed by atoms with van der Waals surface area (Å²) in [6.45, 7) is 1.78. The van der Waals surface area contributed by atoms with Crippen LogP contribution in [0.25, 0.3) is 5.57 Å². The molecule has 1 aliphatic heterocycles. The van der Waals surface area contributed by atoms with Crippen molar-refractivity contribution < 1.29 is 23.9 Å². The summed E-state index contributed by atoms with van der Waals surface area (Å²) in [6.07, 6.45) is 3.29. The highest BCUT2D eigenvalue weighted by molar-refractivity contribution is 6.16. The normalized spacial score (nSPS) is 14.0. The summed E-state index contributed by atoms with van der Waals surface area (Å²) in [5.41, 5.74) is -0.148.